The van der Waals surface area contributed by atoms with Gasteiger partial charge in [0.25, 0.3) is 0 Å². The Labute approximate surface area is 134 Å². The molecule has 0 aliphatic rings. The topological polar surface area (TPSA) is 17.8 Å². The van der Waals surface area contributed by atoms with Gasteiger partial charge >= 0.3 is 0 Å². The maximum Gasteiger partial charge on any atom is 0.127 e. The van der Waals surface area contributed by atoms with Crippen LogP contribution in [0.5, 0.6) is 0 Å². The molecule has 2 rings (SSSR count). The Kier molecular flexibility index (Phi) is 5.14. The van der Waals surface area contributed by atoms with Gasteiger partial charge in [0.1, 0.15) is 5.82 Å². The normalized spacial score (nSPS) is 16.3. The van der Waals surface area contributed by atoms with Crippen molar-refractivity contribution < 1.29 is 0 Å². The third kappa shape index (κ3) is 3.20. The smallest absolute Gasteiger partial charge is 0.127 e. The van der Waals surface area contributed by atoms with E-state index in [-0.39, 0.29) is 5.38 Å². The lowest BCUT2D eigenvalue weighted by Gasteiger charge is -2.21. The first-order valence-electron chi connectivity index (χ1n) is 7.25. The molecule has 0 aliphatic carbocycles. The number of aromatic nitrogens is 2. The highest BCUT2D eigenvalue weighted by Gasteiger charge is 2.20. The van der Waals surface area contributed by atoms with Gasteiger partial charge in [0.05, 0.1) is 16.4 Å². The van der Waals surface area contributed by atoms with Crippen molar-refractivity contribution in [3.8, 4) is 0 Å². The molecule has 3 unspecified atom stereocenters. The highest BCUT2D eigenvalue weighted by molar-refractivity contribution is 9.10. The fourth-order valence-electron chi connectivity index (χ4n) is 2.69. The summed E-state index contributed by atoms with van der Waals surface area (Å²) in [6.07, 6.45) is 2.35. The van der Waals surface area contributed by atoms with E-state index < -0.39 is 0 Å². The number of halogens is 2. The second-order valence-electron chi connectivity index (χ2n) is 5.69. The fraction of sp³-hybridized carbons (Fsp3) is 0.562. The van der Waals surface area contributed by atoms with Crippen molar-refractivity contribution in [3.05, 3.63) is 28.5 Å². The van der Waals surface area contributed by atoms with Gasteiger partial charge in [-0.15, -0.1) is 11.6 Å². The van der Waals surface area contributed by atoms with Crippen LogP contribution in [0.1, 0.15) is 57.8 Å². The molecule has 0 saturated heterocycles. The van der Waals surface area contributed by atoms with Crippen LogP contribution in [0.15, 0.2) is 22.7 Å². The first-order chi connectivity index (χ1) is 9.43. The largest absolute Gasteiger partial charge is 0.324 e. The van der Waals surface area contributed by atoms with Crippen LogP contribution in [0.25, 0.3) is 11.0 Å². The second kappa shape index (κ2) is 6.48. The lowest BCUT2D eigenvalue weighted by molar-refractivity contribution is 0.397. The third-order valence-electron chi connectivity index (χ3n) is 3.92. The van der Waals surface area contributed by atoms with Gasteiger partial charge in [0.15, 0.2) is 0 Å². The minimum Gasteiger partial charge on any atom is -0.324 e. The summed E-state index contributed by atoms with van der Waals surface area (Å²) in [5.41, 5.74) is 2.18. The van der Waals surface area contributed by atoms with Gasteiger partial charge in [-0.25, -0.2) is 4.98 Å². The molecule has 2 nitrogen and oxygen atoms in total. The first kappa shape index (κ1) is 15.8. The minimum absolute atomic E-state index is 0.0828. The van der Waals surface area contributed by atoms with Crippen LogP contribution in [0.2, 0.25) is 0 Å². The molecular formula is C16H22BrClN2. The quantitative estimate of drug-likeness (QED) is 0.591. The molecule has 0 bridgehead atoms. The molecule has 1 aromatic heterocycles. The van der Waals surface area contributed by atoms with Crippen LogP contribution in [0.4, 0.5) is 0 Å². The molecule has 0 N–H and O–H groups in total. The summed E-state index contributed by atoms with van der Waals surface area (Å²) in [6, 6.07) is 6.67. The highest BCUT2D eigenvalue weighted by Crippen LogP contribution is 2.32. The molecule has 20 heavy (non-hydrogen) atoms. The van der Waals surface area contributed by atoms with Crippen LogP contribution in [0.3, 0.4) is 0 Å². The van der Waals surface area contributed by atoms with Crippen molar-refractivity contribution in [2.45, 2.75) is 52.0 Å². The summed E-state index contributed by atoms with van der Waals surface area (Å²) in [5, 5.41) is -0.0828. The van der Waals surface area contributed by atoms with Crippen LogP contribution in [0, 0.1) is 5.92 Å². The predicted octanol–water partition coefficient (Wildman–Crippen LogP) is 6.10. The third-order valence-corrected chi connectivity index (χ3v) is 4.60. The number of rotatable bonds is 5. The van der Waals surface area contributed by atoms with Crippen molar-refractivity contribution >= 4 is 38.6 Å². The summed E-state index contributed by atoms with van der Waals surface area (Å²) < 4.78 is 3.36. The first-order valence-corrected chi connectivity index (χ1v) is 8.48. The van der Waals surface area contributed by atoms with E-state index in [1.54, 1.807) is 0 Å². The van der Waals surface area contributed by atoms with Crippen LogP contribution < -0.4 is 0 Å². The lowest BCUT2D eigenvalue weighted by atomic mass is 10.00. The van der Waals surface area contributed by atoms with Gasteiger partial charge in [-0.05, 0) is 44.4 Å². The number of benzene rings is 1. The molecular weight excluding hydrogens is 336 g/mol. The zero-order valence-electron chi connectivity index (χ0n) is 12.5. The highest BCUT2D eigenvalue weighted by atomic mass is 79.9. The van der Waals surface area contributed by atoms with E-state index in [1.807, 2.05) is 6.92 Å². The Morgan fingerprint density at radius 1 is 1.30 bits per heavy atom. The molecule has 3 atom stereocenters. The maximum atomic E-state index is 6.34. The van der Waals surface area contributed by atoms with E-state index in [9.17, 15) is 0 Å². The van der Waals surface area contributed by atoms with E-state index in [4.69, 9.17) is 16.6 Å². The Hall–Kier alpha value is -0.540. The average molecular weight is 358 g/mol. The molecule has 1 aromatic carbocycles. The molecule has 0 spiro atoms. The number of imidazole rings is 1. The zero-order valence-corrected chi connectivity index (χ0v) is 14.9. The molecule has 0 amide bonds. The van der Waals surface area contributed by atoms with E-state index in [2.05, 4.69) is 59.5 Å². The Morgan fingerprint density at radius 3 is 2.60 bits per heavy atom. The summed E-state index contributed by atoms with van der Waals surface area (Å²) >= 11 is 9.85. The Bertz CT molecular complexity index is 591. The number of fused-ring (bicyclic) bond motifs is 1. The van der Waals surface area contributed by atoms with Crippen molar-refractivity contribution in [3.63, 3.8) is 0 Å². The van der Waals surface area contributed by atoms with Gasteiger partial charge in [-0.1, -0.05) is 36.2 Å². The monoisotopic (exact) mass is 356 g/mol. The van der Waals surface area contributed by atoms with Gasteiger partial charge in [0, 0.05) is 10.5 Å². The number of hydrogen-bond acceptors (Lipinski definition) is 1. The van der Waals surface area contributed by atoms with Gasteiger partial charge in [-0.2, -0.15) is 0 Å². The molecule has 0 radical (unpaired) electrons. The molecule has 0 aliphatic heterocycles. The van der Waals surface area contributed by atoms with Crippen molar-refractivity contribution in [1.82, 2.24) is 9.55 Å². The number of alkyl halides is 1. The summed E-state index contributed by atoms with van der Waals surface area (Å²) in [6.45, 7) is 8.80. The summed E-state index contributed by atoms with van der Waals surface area (Å²) in [4.78, 5) is 4.73. The van der Waals surface area contributed by atoms with E-state index in [0.717, 1.165) is 22.2 Å². The molecule has 0 saturated carbocycles. The summed E-state index contributed by atoms with van der Waals surface area (Å²) in [7, 11) is 0. The lowest BCUT2D eigenvalue weighted by Crippen LogP contribution is -2.12. The maximum absolute atomic E-state index is 6.34. The van der Waals surface area contributed by atoms with Gasteiger partial charge in [0.2, 0.25) is 0 Å². The number of nitrogens with zero attached hydrogens (tertiary/aromatic N) is 2. The second-order valence-corrected chi connectivity index (χ2v) is 7.26. The zero-order chi connectivity index (χ0) is 14.9. The molecule has 2 aromatic rings. The SMILES string of the molecule is CCC(C)CC(C)n1c(C(C)Cl)nc2cc(Br)ccc21. The van der Waals surface area contributed by atoms with Gasteiger partial charge < -0.3 is 4.57 Å². The summed E-state index contributed by atoms with van der Waals surface area (Å²) in [5.74, 6) is 1.67. The number of hydrogen-bond donors (Lipinski definition) is 0. The minimum atomic E-state index is -0.0828. The van der Waals surface area contributed by atoms with Crippen LogP contribution in [-0.4, -0.2) is 9.55 Å². The fourth-order valence-corrected chi connectivity index (χ4v) is 3.19. The Morgan fingerprint density at radius 2 is 2.00 bits per heavy atom. The van der Waals surface area contributed by atoms with E-state index in [1.165, 1.54) is 11.9 Å². The van der Waals surface area contributed by atoms with Crippen molar-refractivity contribution in [2.75, 3.05) is 0 Å². The van der Waals surface area contributed by atoms with Crippen molar-refractivity contribution in [1.29, 1.82) is 0 Å². The van der Waals surface area contributed by atoms with Gasteiger partial charge in [-0.3, -0.25) is 0 Å². The van der Waals surface area contributed by atoms with E-state index in [0.29, 0.717) is 12.0 Å². The van der Waals surface area contributed by atoms with Crippen molar-refractivity contribution in [2.24, 2.45) is 5.92 Å². The van der Waals surface area contributed by atoms with Crippen LogP contribution >= 0.6 is 27.5 Å². The standard InChI is InChI=1S/C16H22BrClN2/c1-5-10(2)8-11(3)20-15-7-6-13(17)9-14(15)19-16(20)12(4)18/h6-7,9-12H,5,8H2,1-4H3. The molecule has 4 heteroatoms. The molecule has 1 heterocycles. The average Bonchev–Trinajstić information content (AvgIpc) is 2.76. The van der Waals surface area contributed by atoms with Crippen LogP contribution in [-0.2, 0) is 0 Å². The molecule has 110 valence electrons. The molecule has 0 fully saturated rings. The predicted molar refractivity (Wildman–Crippen MR) is 90.5 cm³/mol. The Balaban J connectivity index is 2.51. The van der Waals surface area contributed by atoms with E-state index >= 15 is 0 Å².